The summed E-state index contributed by atoms with van der Waals surface area (Å²) < 4.78 is 97.6. The first kappa shape index (κ1) is 31.1. The number of carboxylic acid groups (broad SMARTS) is 2. The molecule has 0 spiro atoms. The maximum Gasteiger partial charge on any atom is 0.411 e. The number of carbonyl (C=O) groups is 4. The standard InChI is InChI=1S/C25H22F6O8/c1-11(2)38-21(36)16-8-6-14(10-18(16)22(37)39-12(3)4)23(24(26,27)28,25(29,30)31)13-5-7-15(19(32)33)17(9-13)20(34)35/h5-12H,1-4H3,(H,32,33)(H,34,35). The van der Waals surface area contributed by atoms with Crippen LogP contribution in [0.4, 0.5) is 26.3 Å². The molecule has 0 unspecified atom stereocenters. The quantitative estimate of drug-likeness (QED) is 0.312. The average Bonchev–Trinajstić information content (AvgIpc) is 2.76. The van der Waals surface area contributed by atoms with Gasteiger partial charge in [0.2, 0.25) is 5.41 Å². The topological polar surface area (TPSA) is 127 Å². The Hall–Kier alpha value is -4.10. The van der Waals surface area contributed by atoms with Gasteiger partial charge in [0.15, 0.2) is 0 Å². The van der Waals surface area contributed by atoms with Crippen LogP contribution in [0.1, 0.15) is 80.3 Å². The molecule has 0 aliphatic carbocycles. The first-order chi connectivity index (χ1) is 17.7. The van der Waals surface area contributed by atoms with Crippen molar-refractivity contribution in [1.82, 2.24) is 0 Å². The van der Waals surface area contributed by atoms with E-state index in [-0.39, 0.29) is 18.2 Å². The van der Waals surface area contributed by atoms with E-state index in [9.17, 15) is 50.6 Å². The fraction of sp³-hybridized carbons (Fsp3) is 0.360. The molecule has 0 bridgehead atoms. The van der Waals surface area contributed by atoms with Gasteiger partial charge in [-0.05, 0) is 63.1 Å². The Kier molecular flexibility index (Phi) is 8.73. The van der Waals surface area contributed by atoms with Gasteiger partial charge in [0.05, 0.1) is 34.5 Å². The minimum atomic E-state index is -6.22. The summed E-state index contributed by atoms with van der Waals surface area (Å²) in [5.41, 5.74) is -12.3. The van der Waals surface area contributed by atoms with Gasteiger partial charge in [0.1, 0.15) is 0 Å². The van der Waals surface area contributed by atoms with Crippen molar-refractivity contribution < 1.29 is 65.2 Å². The Morgan fingerprint density at radius 1 is 0.615 bits per heavy atom. The molecule has 2 N–H and O–H groups in total. The van der Waals surface area contributed by atoms with Crippen LogP contribution in [0.2, 0.25) is 0 Å². The highest BCUT2D eigenvalue weighted by Crippen LogP contribution is 2.56. The molecule has 0 aliphatic heterocycles. The van der Waals surface area contributed by atoms with Gasteiger partial charge < -0.3 is 19.7 Å². The molecule has 2 aromatic carbocycles. The molecule has 0 heterocycles. The maximum absolute atomic E-state index is 14.6. The highest BCUT2D eigenvalue weighted by Gasteiger charge is 2.72. The van der Waals surface area contributed by atoms with Crippen molar-refractivity contribution in [1.29, 1.82) is 0 Å². The van der Waals surface area contributed by atoms with Gasteiger partial charge in [-0.25, -0.2) is 19.2 Å². The molecular formula is C25H22F6O8. The summed E-state index contributed by atoms with van der Waals surface area (Å²) in [6, 6.07) is 1.45. The molecule has 14 heteroatoms. The zero-order chi connectivity index (χ0) is 30.1. The van der Waals surface area contributed by atoms with E-state index in [1.54, 1.807) is 0 Å². The first-order valence-corrected chi connectivity index (χ1v) is 11.1. The molecule has 39 heavy (non-hydrogen) atoms. The maximum atomic E-state index is 14.6. The second kappa shape index (κ2) is 10.9. The monoisotopic (exact) mass is 564 g/mol. The summed E-state index contributed by atoms with van der Waals surface area (Å²) in [5, 5.41) is 18.5. The van der Waals surface area contributed by atoms with Crippen LogP contribution >= 0.6 is 0 Å². The lowest BCUT2D eigenvalue weighted by Crippen LogP contribution is -2.55. The van der Waals surface area contributed by atoms with Crippen LogP contribution in [0, 0.1) is 0 Å². The molecule has 0 saturated carbocycles. The molecule has 0 aromatic heterocycles. The van der Waals surface area contributed by atoms with Crippen LogP contribution in [0.15, 0.2) is 36.4 Å². The van der Waals surface area contributed by atoms with Crippen molar-refractivity contribution in [3.63, 3.8) is 0 Å². The Balaban J connectivity index is 3.06. The van der Waals surface area contributed by atoms with Gasteiger partial charge >= 0.3 is 36.2 Å². The minimum Gasteiger partial charge on any atom is -0.478 e. The number of carbonyl (C=O) groups excluding carboxylic acids is 2. The van der Waals surface area contributed by atoms with Crippen molar-refractivity contribution in [3.05, 3.63) is 69.8 Å². The zero-order valence-electron chi connectivity index (χ0n) is 20.7. The second-order valence-electron chi connectivity index (χ2n) is 8.78. The van der Waals surface area contributed by atoms with E-state index >= 15 is 0 Å². The molecule has 0 amide bonds. The third kappa shape index (κ3) is 5.99. The van der Waals surface area contributed by atoms with E-state index in [1.807, 2.05) is 0 Å². The predicted molar refractivity (Wildman–Crippen MR) is 121 cm³/mol. The number of alkyl halides is 6. The van der Waals surface area contributed by atoms with E-state index in [0.717, 1.165) is 0 Å². The van der Waals surface area contributed by atoms with Gasteiger partial charge in [-0.15, -0.1) is 0 Å². The summed E-state index contributed by atoms with van der Waals surface area (Å²) in [6.45, 7) is 5.52. The van der Waals surface area contributed by atoms with Crippen molar-refractivity contribution in [3.8, 4) is 0 Å². The van der Waals surface area contributed by atoms with Gasteiger partial charge in [0, 0.05) is 0 Å². The van der Waals surface area contributed by atoms with E-state index in [4.69, 9.17) is 14.6 Å². The minimum absolute atomic E-state index is 0.0418. The second-order valence-corrected chi connectivity index (χ2v) is 8.78. The van der Waals surface area contributed by atoms with Gasteiger partial charge in [-0.1, -0.05) is 12.1 Å². The van der Waals surface area contributed by atoms with Crippen LogP contribution in [-0.2, 0) is 14.9 Å². The molecule has 0 saturated heterocycles. The van der Waals surface area contributed by atoms with Crippen molar-refractivity contribution >= 4 is 23.9 Å². The Bertz CT molecular complexity index is 1280. The van der Waals surface area contributed by atoms with E-state index in [2.05, 4.69) is 0 Å². The first-order valence-electron chi connectivity index (χ1n) is 11.1. The molecule has 2 rings (SSSR count). The summed E-state index contributed by atoms with van der Waals surface area (Å²) in [4.78, 5) is 48.1. The summed E-state index contributed by atoms with van der Waals surface area (Å²) in [6.07, 6.45) is -14.1. The van der Waals surface area contributed by atoms with Crippen LogP contribution in [-0.4, -0.2) is 58.7 Å². The lowest BCUT2D eigenvalue weighted by atomic mass is 9.71. The average molecular weight is 564 g/mol. The van der Waals surface area contributed by atoms with Gasteiger partial charge in [-0.2, -0.15) is 26.3 Å². The summed E-state index contributed by atoms with van der Waals surface area (Å²) in [7, 11) is 0. The van der Waals surface area contributed by atoms with Crippen LogP contribution in [0.3, 0.4) is 0 Å². The van der Waals surface area contributed by atoms with Crippen molar-refractivity contribution in [2.45, 2.75) is 57.7 Å². The van der Waals surface area contributed by atoms with E-state index < -0.39 is 87.2 Å². The fourth-order valence-corrected chi connectivity index (χ4v) is 3.80. The summed E-state index contributed by atoms with van der Waals surface area (Å²) in [5.74, 6) is -6.65. The van der Waals surface area contributed by atoms with E-state index in [0.29, 0.717) is 18.2 Å². The molecule has 0 fully saturated rings. The highest BCUT2D eigenvalue weighted by molar-refractivity contribution is 6.04. The molecule has 212 valence electrons. The number of carboxylic acids is 2. The summed E-state index contributed by atoms with van der Waals surface area (Å²) >= 11 is 0. The number of halogens is 6. The lowest BCUT2D eigenvalue weighted by Gasteiger charge is -2.38. The number of hydrogen-bond acceptors (Lipinski definition) is 6. The number of aromatic carboxylic acids is 2. The number of benzene rings is 2. The molecule has 0 radical (unpaired) electrons. The Labute approximate surface area is 217 Å². The lowest BCUT2D eigenvalue weighted by molar-refractivity contribution is -0.288. The molecular weight excluding hydrogens is 542 g/mol. The van der Waals surface area contributed by atoms with Crippen molar-refractivity contribution in [2.24, 2.45) is 0 Å². The van der Waals surface area contributed by atoms with E-state index in [1.165, 1.54) is 27.7 Å². The molecule has 8 nitrogen and oxygen atoms in total. The number of esters is 2. The largest absolute Gasteiger partial charge is 0.478 e. The Morgan fingerprint density at radius 3 is 1.33 bits per heavy atom. The molecule has 0 atom stereocenters. The molecule has 2 aromatic rings. The number of rotatable bonds is 8. The zero-order valence-corrected chi connectivity index (χ0v) is 20.7. The van der Waals surface area contributed by atoms with Crippen molar-refractivity contribution in [2.75, 3.05) is 0 Å². The van der Waals surface area contributed by atoms with Gasteiger partial charge in [0.25, 0.3) is 0 Å². The number of ether oxygens (including phenoxy) is 2. The fourth-order valence-electron chi connectivity index (χ4n) is 3.80. The SMILES string of the molecule is CC(C)OC(=O)c1ccc(C(c2ccc(C(=O)O)c(C(=O)O)c2)(C(F)(F)F)C(F)(F)F)cc1C(=O)OC(C)C. The van der Waals surface area contributed by atoms with Crippen LogP contribution < -0.4 is 0 Å². The predicted octanol–water partition coefficient (Wildman–Crippen LogP) is 5.62. The third-order valence-electron chi connectivity index (χ3n) is 5.34. The Morgan fingerprint density at radius 2 is 0.974 bits per heavy atom. The highest BCUT2D eigenvalue weighted by atomic mass is 19.4. The third-order valence-corrected chi connectivity index (χ3v) is 5.34. The van der Waals surface area contributed by atoms with Crippen LogP contribution in [0.5, 0.6) is 0 Å². The number of hydrogen-bond donors (Lipinski definition) is 2. The normalized spacial score (nSPS) is 12.4. The van der Waals surface area contributed by atoms with Gasteiger partial charge in [-0.3, -0.25) is 0 Å². The molecule has 0 aliphatic rings. The van der Waals surface area contributed by atoms with Crippen LogP contribution in [0.25, 0.3) is 0 Å². The smallest absolute Gasteiger partial charge is 0.411 e.